The monoisotopic (exact) mass is 704 g/mol. The highest BCUT2D eigenvalue weighted by molar-refractivity contribution is 8.36. The molecule has 0 aromatic carbocycles. The van der Waals surface area contributed by atoms with Crippen LogP contribution in [0.3, 0.4) is 0 Å². The predicted molar refractivity (Wildman–Crippen MR) is 198 cm³/mol. The largest absolute Gasteiger partial charge is 0.462 e. The highest BCUT2D eigenvalue weighted by atomic mass is 32.7. The van der Waals surface area contributed by atoms with E-state index in [-0.39, 0.29) is 25.2 Å². The third-order valence-electron chi connectivity index (χ3n) is 8.90. The van der Waals surface area contributed by atoms with Crippen LogP contribution in [0.2, 0.25) is 0 Å². The molecule has 9 heteroatoms. The first kappa shape index (κ1) is 44.6. The van der Waals surface area contributed by atoms with Gasteiger partial charge in [0, 0.05) is 19.3 Å². The van der Waals surface area contributed by atoms with Crippen molar-refractivity contribution in [2.24, 2.45) is 0 Å². The normalized spacial score (nSPS) is 15.0. The van der Waals surface area contributed by atoms with Crippen LogP contribution >= 0.6 is 7.15 Å². The summed E-state index contributed by atoms with van der Waals surface area (Å²) in [5, 5.41) is 0. The minimum atomic E-state index is -2.85. The molecule has 0 aliphatic carbocycles. The lowest BCUT2D eigenvalue weighted by atomic mass is 10.0. The molecule has 278 valence electrons. The van der Waals surface area contributed by atoms with Gasteiger partial charge in [0.15, 0.2) is 6.10 Å². The van der Waals surface area contributed by atoms with E-state index in [1.54, 1.807) is 0 Å². The number of hydrogen-bond acceptors (Lipinski definition) is 8. The van der Waals surface area contributed by atoms with Crippen molar-refractivity contribution in [2.75, 3.05) is 26.4 Å². The number of esters is 2. The highest BCUT2D eigenvalue weighted by Gasteiger charge is 2.34. The molecule has 0 radical (unpaired) electrons. The van der Waals surface area contributed by atoms with Crippen LogP contribution in [0.5, 0.6) is 0 Å². The predicted octanol–water partition coefficient (Wildman–Crippen LogP) is 12.1. The first-order valence-corrected chi connectivity index (χ1v) is 22.4. The van der Waals surface area contributed by atoms with Gasteiger partial charge in [0.1, 0.15) is 13.2 Å². The number of unbranched alkanes of at least 4 members (excludes halogenated alkanes) is 24. The summed E-state index contributed by atoms with van der Waals surface area (Å²) in [7, 11) is -2.85. The van der Waals surface area contributed by atoms with Crippen LogP contribution in [0.4, 0.5) is 0 Å². The summed E-state index contributed by atoms with van der Waals surface area (Å²) in [5.74, 6) is -0.560. The Morgan fingerprint density at radius 2 is 0.915 bits per heavy atom. The van der Waals surface area contributed by atoms with Gasteiger partial charge in [-0.3, -0.25) is 9.59 Å². The molecule has 1 unspecified atom stereocenters. The van der Waals surface area contributed by atoms with Gasteiger partial charge < -0.3 is 21.7 Å². The van der Waals surface area contributed by atoms with Crippen LogP contribution in [-0.2, 0) is 44.9 Å². The number of carbonyl (C=O) groups is 2. The van der Waals surface area contributed by atoms with E-state index >= 15 is 0 Å². The fraction of sp³-hybridized carbons (Fsp3) is 0.947. The van der Waals surface area contributed by atoms with Gasteiger partial charge in [-0.25, -0.2) is 0 Å². The van der Waals surface area contributed by atoms with Crippen LogP contribution in [0.1, 0.15) is 200 Å². The number of hydrogen-bond donors (Lipinski definition) is 0. The van der Waals surface area contributed by atoms with Gasteiger partial charge in [0.2, 0.25) is 0 Å². The van der Waals surface area contributed by atoms with Crippen molar-refractivity contribution >= 4 is 31.3 Å². The van der Waals surface area contributed by atoms with Crippen molar-refractivity contribution in [3.05, 3.63) is 0 Å². The summed E-state index contributed by atoms with van der Waals surface area (Å²) in [6, 6.07) is 0. The van der Waals surface area contributed by atoms with Gasteiger partial charge in [-0.1, -0.05) is 168 Å². The van der Waals surface area contributed by atoms with E-state index in [1.807, 2.05) is 0 Å². The first-order chi connectivity index (χ1) is 23.0. The average Bonchev–Trinajstić information content (AvgIpc) is 3.07. The summed E-state index contributed by atoms with van der Waals surface area (Å²) in [5.41, 5.74) is 0. The molecule has 1 aliphatic rings. The van der Waals surface area contributed by atoms with Crippen LogP contribution in [-0.4, -0.2) is 44.5 Å². The van der Waals surface area contributed by atoms with Gasteiger partial charge in [-0.2, -0.15) is 13.6 Å². The van der Waals surface area contributed by atoms with Gasteiger partial charge in [-0.15, -0.1) is 0 Å². The maximum Gasteiger partial charge on any atom is 0.306 e. The lowest BCUT2D eigenvalue weighted by Crippen LogP contribution is -2.30. The summed E-state index contributed by atoms with van der Waals surface area (Å²) < 4.78 is 28.1. The van der Waals surface area contributed by atoms with Crippen molar-refractivity contribution in [1.82, 2.24) is 0 Å². The van der Waals surface area contributed by atoms with Gasteiger partial charge in [0.25, 0.3) is 7.15 Å². The summed E-state index contributed by atoms with van der Waals surface area (Å²) in [6.45, 7) is 5.46. The second kappa shape index (κ2) is 32.8. The Morgan fingerprint density at radius 3 is 1.32 bits per heavy atom. The molecule has 1 heterocycles. The molecule has 0 aromatic rings. The molecule has 7 nitrogen and oxygen atoms in total. The minimum Gasteiger partial charge on any atom is -0.462 e. The summed E-state index contributed by atoms with van der Waals surface area (Å²) in [4.78, 5) is 25.1. The molecule has 1 rings (SSSR count). The van der Waals surface area contributed by atoms with E-state index in [9.17, 15) is 9.59 Å². The average molecular weight is 705 g/mol. The Balaban J connectivity index is 2.19. The molecule has 0 amide bonds. The van der Waals surface area contributed by atoms with E-state index in [1.165, 1.54) is 128 Å². The quantitative estimate of drug-likeness (QED) is 0.0283. The zero-order chi connectivity index (χ0) is 34.1. The molecular formula is C38H73O7PS. The van der Waals surface area contributed by atoms with Crippen molar-refractivity contribution in [2.45, 2.75) is 206 Å². The zero-order valence-electron chi connectivity index (χ0n) is 30.6. The molecule has 0 aromatic heterocycles. The number of carbonyl (C=O) groups excluding carboxylic acids is 2. The van der Waals surface area contributed by atoms with Crippen LogP contribution in [0, 0.1) is 0 Å². The third-order valence-corrected chi connectivity index (χ3v) is 11.3. The van der Waals surface area contributed by atoms with E-state index in [0.29, 0.717) is 26.1 Å². The highest BCUT2D eigenvalue weighted by Crippen LogP contribution is 2.61. The van der Waals surface area contributed by atoms with Crippen LogP contribution in [0.25, 0.3) is 0 Å². The topological polar surface area (TPSA) is 80.3 Å². The van der Waals surface area contributed by atoms with Crippen LogP contribution in [0.15, 0.2) is 0 Å². The Kier molecular flexibility index (Phi) is 31.1. The van der Waals surface area contributed by atoms with Crippen molar-refractivity contribution in [3.8, 4) is 0 Å². The maximum absolute atomic E-state index is 12.6. The Bertz CT molecular complexity index is 720. The Morgan fingerprint density at radius 1 is 0.553 bits per heavy atom. The fourth-order valence-electron chi connectivity index (χ4n) is 5.89. The lowest BCUT2D eigenvalue weighted by Gasteiger charge is -2.31. The van der Waals surface area contributed by atoms with Crippen LogP contribution < -0.4 is 0 Å². The summed E-state index contributed by atoms with van der Waals surface area (Å²) >= 11 is 5.42. The number of ether oxygens (including phenoxy) is 2. The molecule has 1 saturated heterocycles. The third kappa shape index (κ3) is 29.1. The fourth-order valence-corrected chi connectivity index (χ4v) is 7.80. The van der Waals surface area contributed by atoms with Crippen molar-refractivity contribution in [1.29, 1.82) is 0 Å². The molecule has 0 saturated carbocycles. The van der Waals surface area contributed by atoms with E-state index in [2.05, 4.69) is 13.8 Å². The molecule has 1 atom stereocenters. The SMILES string of the molecule is CCCCCCCCCCCCCCCC(=O)OCC(CO[P+]1([S-])OCCCO1)OC(=O)CCCCCCCCCCCCCCC. The Hall–Kier alpha value is -0.400. The van der Waals surface area contributed by atoms with Gasteiger partial charge >= 0.3 is 11.9 Å². The van der Waals surface area contributed by atoms with Crippen molar-refractivity contribution < 1.29 is 32.6 Å². The molecule has 1 fully saturated rings. The summed E-state index contributed by atoms with van der Waals surface area (Å²) in [6.07, 6.45) is 33.5. The number of rotatable bonds is 34. The first-order valence-electron chi connectivity index (χ1n) is 19.9. The van der Waals surface area contributed by atoms with Gasteiger partial charge in [-0.05, 0) is 12.8 Å². The van der Waals surface area contributed by atoms with Crippen molar-refractivity contribution in [3.63, 3.8) is 0 Å². The standard InChI is InChI=1S/C38H73O7PS/c1-3-5-7-9-11-13-15-17-19-21-23-25-27-30-37(39)41-34-36(35-44-46(47)42-32-29-33-43-46)45-38(40)31-28-26-24-22-20-18-16-14-12-10-8-6-4-2/h36H,3-35H2,1-2H3. The minimum absolute atomic E-state index is 0.00631. The Labute approximate surface area is 295 Å². The molecule has 47 heavy (non-hydrogen) atoms. The van der Waals surface area contributed by atoms with Gasteiger partial charge in [0.05, 0.1) is 13.2 Å². The molecule has 0 N–H and O–H groups in total. The molecular weight excluding hydrogens is 631 g/mol. The molecule has 1 aliphatic heterocycles. The smallest absolute Gasteiger partial charge is 0.306 e. The lowest BCUT2D eigenvalue weighted by molar-refractivity contribution is -0.161. The van der Waals surface area contributed by atoms with E-state index in [0.717, 1.165) is 44.9 Å². The second-order valence-corrected chi connectivity index (χ2v) is 16.6. The van der Waals surface area contributed by atoms with E-state index in [4.69, 9.17) is 35.3 Å². The second-order valence-electron chi connectivity index (χ2n) is 13.5. The zero-order valence-corrected chi connectivity index (χ0v) is 32.3. The van der Waals surface area contributed by atoms with E-state index < -0.39 is 13.2 Å². The molecule has 0 spiro atoms. The molecule has 0 bridgehead atoms. The maximum atomic E-state index is 12.6.